The third-order valence-electron chi connectivity index (χ3n) is 8.39. The van der Waals surface area contributed by atoms with E-state index in [-0.39, 0.29) is 5.82 Å². The molecule has 2 fully saturated rings. The van der Waals surface area contributed by atoms with Gasteiger partial charge in [-0.15, -0.1) is 0 Å². The first-order chi connectivity index (χ1) is 13.7. The van der Waals surface area contributed by atoms with Crippen molar-refractivity contribution >= 4 is 0 Å². The van der Waals surface area contributed by atoms with Crippen LogP contribution in [0.2, 0.25) is 0 Å². The molecule has 3 aliphatic rings. The molecule has 0 N–H and O–H groups in total. The van der Waals surface area contributed by atoms with E-state index in [1.54, 1.807) is 13.2 Å². The maximum atomic E-state index is 14.6. The maximum Gasteiger partial charge on any atom is 0.130 e. The normalized spacial score (nSPS) is 32.5. The Labute approximate surface area is 171 Å². The molecule has 4 rings (SSSR count). The zero-order chi connectivity index (χ0) is 19.5. The van der Waals surface area contributed by atoms with Crippen LogP contribution in [0.4, 0.5) is 4.39 Å². The van der Waals surface area contributed by atoms with E-state index in [2.05, 4.69) is 13.0 Å². The van der Waals surface area contributed by atoms with Gasteiger partial charge in [-0.3, -0.25) is 0 Å². The molecule has 0 amide bonds. The topological polar surface area (TPSA) is 9.23 Å². The molecule has 156 valence electrons. The van der Waals surface area contributed by atoms with Crippen LogP contribution in [0.5, 0.6) is 5.75 Å². The Morgan fingerprint density at radius 2 is 1.68 bits per heavy atom. The van der Waals surface area contributed by atoms with E-state index < -0.39 is 0 Å². The molecule has 0 aromatic heterocycles. The van der Waals surface area contributed by atoms with Crippen LogP contribution in [0.15, 0.2) is 12.1 Å². The lowest BCUT2D eigenvalue weighted by Gasteiger charge is -2.45. The van der Waals surface area contributed by atoms with Crippen LogP contribution >= 0.6 is 0 Å². The van der Waals surface area contributed by atoms with Gasteiger partial charge in [0.1, 0.15) is 11.6 Å². The first kappa shape index (κ1) is 20.2. The predicted molar refractivity (Wildman–Crippen MR) is 114 cm³/mol. The highest BCUT2D eigenvalue weighted by molar-refractivity contribution is 5.38. The highest BCUT2D eigenvalue weighted by Crippen LogP contribution is 2.49. The van der Waals surface area contributed by atoms with Crippen molar-refractivity contribution in [3.8, 4) is 5.75 Å². The van der Waals surface area contributed by atoms with Gasteiger partial charge < -0.3 is 4.74 Å². The molecular weight excluding hydrogens is 347 g/mol. The molecule has 0 bridgehead atoms. The van der Waals surface area contributed by atoms with Gasteiger partial charge in [0.15, 0.2) is 0 Å². The van der Waals surface area contributed by atoms with Crippen LogP contribution in [0.1, 0.15) is 88.7 Å². The first-order valence-electron chi connectivity index (χ1n) is 12.0. The Bertz CT molecular complexity index is 654. The highest BCUT2D eigenvalue weighted by atomic mass is 19.1. The largest absolute Gasteiger partial charge is 0.497 e. The highest BCUT2D eigenvalue weighted by Gasteiger charge is 2.38. The van der Waals surface area contributed by atoms with Crippen LogP contribution in [0, 0.1) is 35.4 Å². The van der Waals surface area contributed by atoms with Gasteiger partial charge in [-0.05, 0) is 98.1 Å². The molecule has 2 saturated carbocycles. The summed E-state index contributed by atoms with van der Waals surface area (Å²) in [4.78, 5) is 0. The third kappa shape index (κ3) is 4.41. The summed E-state index contributed by atoms with van der Waals surface area (Å²) in [5, 5.41) is 0. The van der Waals surface area contributed by atoms with Gasteiger partial charge in [-0.1, -0.05) is 39.0 Å². The molecule has 0 aliphatic heterocycles. The number of ether oxygens (including phenoxy) is 1. The Balaban J connectivity index is 1.33. The van der Waals surface area contributed by atoms with E-state index >= 15 is 0 Å². The van der Waals surface area contributed by atoms with Crippen LogP contribution in [-0.4, -0.2) is 7.11 Å². The zero-order valence-corrected chi connectivity index (χ0v) is 18.0. The van der Waals surface area contributed by atoms with Gasteiger partial charge in [-0.25, -0.2) is 4.39 Å². The van der Waals surface area contributed by atoms with Crippen molar-refractivity contribution in [1.29, 1.82) is 0 Å². The molecular formula is C26H39FO. The number of halogens is 1. The molecule has 5 atom stereocenters. The van der Waals surface area contributed by atoms with Crippen molar-refractivity contribution in [1.82, 2.24) is 0 Å². The lowest BCUT2D eigenvalue weighted by Crippen LogP contribution is -2.35. The Hall–Kier alpha value is -1.05. The summed E-state index contributed by atoms with van der Waals surface area (Å²) >= 11 is 0. The maximum absolute atomic E-state index is 14.6. The number of hydrogen-bond donors (Lipinski definition) is 0. The Morgan fingerprint density at radius 1 is 0.929 bits per heavy atom. The summed E-state index contributed by atoms with van der Waals surface area (Å²) in [6, 6.07) is 3.64. The minimum absolute atomic E-state index is 0.0414. The van der Waals surface area contributed by atoms with Crippen molar-refractivity contribution in [3.63, 3.8) is 0 Å². The molecule has 0 radical (unpaired) electrons. The Kier molecular flexibility index (Phi) is 6.63. The lowest BCUT2D eigenvalue weighted by atomic mass is 9.61. The standard InChI is InChI=1S/C26H39FO/c1-3-4-5-6-18-7-8-20-14-21(10-9-19(20)13-18)22-11-12-23-15-24(28-2)17-26(27)25(23)16-22/h15,17-22H,3-14,16H2,1-2H3. The summed E-state index contributed by atoms with van der Waals surface area (Å²) in [5.74, 6) is 5.11. The minimum atomic E-state index is -0.0414. The van der Waals surface area contributed by atoms with E-state index in [1.165, 1.54) is 76.2 Å². The van der Waals surface area contributed by atoms with Crippen molar-refractivity contribution in [2.45, 2.75) is 90.4 Å². The molecule has 1 aromatic rings. The van der Waals surface area contributed by atoms with Crippen molar-refractivity contribution < 1.29 is 9.13 Å². The fourth-order valence-corrected chi connectivity index (χ4v) is 6.74. The van der Waals surface area contributed by atoms with Crippen LogP contribution in [-0.2, 0) is 12.8 Å². The number of rotatable bonds is 6. The van der Waals surface area contributed by atoms with Gasteiger partial charge in [-0.2, -0.15) is 0 Å². The zero-order valence-electron chi connectivity index (χ0n) is 18.0. The van der Waals surface area contributed by atoms with Crippen LogP contribution < -0.4 is 4.74 Å². The molecule has 0 spiro atoms. The molecule has 5 unspecified atom stereocenters. The second-order valence-corrected chi connectivity index (χ2v) is 10.0. The Morgan fingerprint density at radius 3 is 2.46 bits per heavy atom. The van der Waals surface area contributed by atoms with Gasteiger partial charge >= 0.3 is 0 Å². The average Bonchev–Trinajstić information content (AvgIpc) is 2.73. The van der Waals surface area contributed by atoms with Crippen molar-refractivity contribution in [2.75, 3.05) is 7.11 Å². The number of methoxy groups -OCH3 is 1. The second-order valence-electron chi connectivity index (χ2n) is 10.0. The average molecular weight is 387 g/mol. The van der Waals surface area contributed by atoms with Crippen LogP contribution in [0.3, 0.4) is 0 Å². The number of hydrogen-bond acceptors (Lipinski definition) is 1. The van der Waals surface area contributed by atoms with Crippen LogP contribution in [0.25, 0.3) is 0 Å². The second kappa shape index (κ2) is 9.18. The number of benzene rings is 1. The van der Waals surface area contributed by atoms with E-state index in [4.69, 9.17) is 4.74 Å². The first-order valence-corrected chi connectivity index (χ1v) is 12.0. The SMILES string of the molecule is CCCCCC1CCC2CC(C3CCc4cc(OC)cc(F)c4C3)CCC2C1. The fourth-order valence-electron chi connectivity index (χ4n) is 6.74. The monoisotopic (exact) mass is 386 g/mol. The van der Waals surface area contributed by atoms with Gasteiger partial charge in [0.05, 0.1) is 7.11 Å². The summed E-state index contributed by atoms with van der Waals surface area (Å²) in [6.07, 6.45) is 17.6. The smallest absolute Gasteiger partial charge is 0.130 e. The molecule has 0 heterocycles. The fraction of sp³-hybridized carbons (Fsp3) is 0.769. The minimum Gasteiger partial charge on any atom is -0.497 e. The van der Waals surface area contributed by atoms with Gasteiger partial charge in [0.2, 0.25) is 0 Å². The summed E-state index contributed by atoms with van der Waals surface area (Å²) < 4.78 is 19.9. The molecule has 1 aromatic carbocycles. The van der Waals surface area contributed by atoms with E-state index in [0.29, 0.717) is 11.7 Å². The molecule has 1 nitrogen and oxygen atoms in total. The number of unbranched alkanes of at least 4 members (excludes halogenated alkanes) is 2. The third-order valence-corrected chi connectivity index (χ3v) is 8.39. The molecule has 2 heteroatoms. The van der Waals surface area contributed by atoms with Gasteiger partial charge in [0, 0.05) is 6.07 Å². The predicted octanol–water partition coefficient (Wildman–Crippen LogP) is 7.35. The van der Waals surface area contributed by atoms with E-state index in [9.17, 15) is 4.39 Å². The number of aryl methyl sites for hydroxylation is 1. The van der Waals surface area contributed by atoms with Crippen molar-refractivity contribution in [2.24, 2.45) is 29.6 Å². The molecule has 28 heavy (non-hydrogen) atoms. The van der Waals surface area contributed by atoms with Crippen molar-refractivity contribution in [3.05, 3.63) is 29.1 Å². The molecule has 3 aliphatic carbocycles. The van der Waals surface area contributed by atoms with E-state index in [1.807, 2.05) is 0 Å². The lowest BCUT2D eigenvalue weighted by molar-refractivity contribution is 0.0687. The van der Waals surface area contributed by atoms with E-state index in [0.717, 1.165) is 42.1 Å². The van der Waals surface area contributed by atoms with Gasteiger partial charge in [0.25, 0.3) is 0 Å². The summed E-state index contributed by atoms with van der Waals surface area (Å²) in [5.41, 5.74) is 2.17. The summed E-state index contributed by atoms with van der Waals surface area (Å²) in [6.45, 7) is 2.31. The summed E-state index contributed by atoms with van der Waals surface area (Å²) in [7, 11) is 1.63. The number of fused-ring (bicyclic) bond motifs is 2. The quantitative estimate of drug-likeness (QED) is 0.464. The molecule has 0 saturated heterocycles.